The molecule has 1 heterocycles. The Labute approximate surface area is 148 Å². The molecule has 25 heavy (non-hydrogen) atoms. The summed E-state index contributed by atoms with van der Waals surface area (Å²) in [5, 5.41) is 2.94. The molecule has 0 spiro atoms. The van der Waals surface area contributed by atoms with E-state index in [1.54, 1.807) is 4.90 Å². The van der Waals surface area contributed by atoms with Crippen LogP contribution in [0.2, 0.25) is 0 Å². The average Bonchev–Trinajstić information content (AvgIpc) is 2.49. The molecule has 6 nitrogen and oxygen atoms in total. The lowest BCUT2D eigenvalue weighted by Crippen LogP contribution is -2.55. The van der Waals surface area contributed by atoms with E-state index in [2.05, 4.69) is 11.9 Å². The molecule has 136 valence electrons. The van der Waals surface area contributed by atoms with Crippen molar-refractivity contribution in [3.05, 3.63) is 48.6 Å². The van der Waals surface area contributed by atoms with Crippen molar-refractivity contribution >= 4 is 12.2 Å². The quantitative estimate of drug-likeness (QED) is 0.829. The number of hydrogen-bond acceptors (Lipinski definition) is 4. The van der Waals surface area contributed by atoms with E-state index in [0.717, 1.165) is 5.56 Å². The molecule has 1 unspecified atom stereocenters. The number of alkyl carbamates (subject to hydrolysis) is 1. The number of ether oxygens (including phenoxy) is 2. The molecule has 0 bridgehead atoms. The first-order chi connectivity index (χ1) is 11.8. The van der Waals surface area contributed by atoms with Crippen LogP contribution in [-0.2, 0) is 9.47 Å². The summed E-state index contributed by atoms with van der Waals surface area (Å²) < 4.78 is 10.4. The first-order valence-electron chi connectivity index (χ1n) is 8.37. The number of rotatable bonds is 5. The maximum absolute atomic E-state index is 12.2. The molecule has 1 fully saturated rings. The number of carbonyl (C=O) groups excluding carboxylic acids is 2. The van der Waals surface area contributed by atoms with Crippen LogP contribution in [0.3, 0.4) is 0 Å². The predicted molar refractivity (Wildman–Crippen MR) is 95.2 cm³/mol. The van der Waals surface area contributed by atoms with E-state index in [1.165, 1.54) is 6.08 Å². The van der Waals surface area contributed by atoms with Gasteiger partial charge in [0.05, 0.1) is 6.04 Å². The normalized spacial score (nSPS) is 15.7. The minimum Gasteiger partial charge on any atom is -0.445 e. The number of nitrogens with zero attached hydrogens (tertiary/aromatic N) is 1. The van der Waals surface area contributed by atoms with Crippen LogP contribution in [0.5, 0.6) is 0 Å². The molecule has 1 saturated heterocycles. The van der Waals surface area contributed by atoms with Crippen molar-refractivity contribution in [1.29, 1.82) is 0 Å². The summed E-state index contributed by atoms with van der Waals surface area (Å²) in [5.74, 6) is 0.103. The van der Waals surface area contributed by atoms with Crippen LogP contribution in [0.1, 0.15) is 32.4 Å². The third-order valence-corrected chi connectivity index (χ3v) is 3.79. The zero-order valence-corrected chi connectivity index (χ0v) is 15.0. The Hall–Kier alpha value is -2.50. The van der Waals surface area contributed by atoms with Gasteiger partial charge in [-0.1, -0.05) is 43.0 Å². The fraction of sp³-hybridized carbons (Fsp3) is 0.474. The third kappa shape index (κ3) is 5.52. The third-order valence-electron chi connectivity index (χ3n) is 3.79. The van der Waals surface area contributed by atoms with Crippen molar-refractivity contribution in [2.45, 2.75) is 32.4 Å². The molecule has 1 N–H and O–H groups in total. The molecule has 1 atom stereocenters. The zero-order valence-electron chi connectivity index (χ0n) is 15.0. The Morgan fingerprint density at radius 2 is 1.96 bits per heavy atom. The van der Waals surface area contributed by atoms with Crippen molar-refractivity contribution < 1.29 is 19.1 Å². The highest BCUT2D eigenvalue weighted by molar-refractivity contribution is 5.70. The van der Waals surface area contributed by atoms with Gasteiger partial charge in [-0.15, -0.1) is 0 Å². The molecule has 1 aliphatic heterocycles. The maximum atomic E-state index is 12.2. The zero-order chi connectivity index (χ0) is 18.4. The minimum atomic E-state index is -0.564. The SMILES string of the molecule is C=CCOC(=O)N1CC(C(NC(=O)OC(C)(C)C)c2ccccc2)C1. The molecule has 0 radical (unpaired) electrons. The Bertz CT molecular complexity index is 604. The maximum Gasteiger partial charge on any atom is 0.410 e. The number of carbonyl (C=O) groups is 2. The highest BCUT2D eigenvalue weighted by Gasteiger charge is 2.39. The number of benzene rings is 1. The fourth-order valence-corrected chi connectivity index (χ4v) is 2.66. The van der Waals surface area contributed by atoms with Crippen LogP contribution in [-0.4, -0.2) is 42.4 Å². The topological polar surface area (TPSA) is 67.9 Å². The van der Waals surface area contributed by atoms with Gasteiger partial charge in [0.2, 0.25) is 0 Å². The molecule has 0 saturated carbocycles. The van der Waals surface area contributed by atoms with Crippen molar-refractivity contribution in [2.75, 3.05) is 19.7 Å². The van der Waals surface area contributed by atoms with Crippen molar-refractivity contribution in [1.82, 2.24) is 10.2 Å². The summed E-state index contributed by atoms with van der Waals surface area (Å²) in [4.78, 5) is 25.6. The van der Waals surface area contributed by atoms with Gasteiger partial charge in [0.25, 0.3) is 0 Å². The van der Waals surface area contributed by atoms with Crippen molar-refractivity contribution in [3.8, 4) is 0 Å². The molecular weight excluding hydrogens is 320 g/mol. The molecule has 6 heteroatoms. The molecule has 2 amide bonds. The lowest BCUT2D eigenvalue weighted by atomic mass is 9.87. The fourth-order valence-electron chi connectivity index (χ4n) is 2.66. The molecule has 0 aromatic heterocycles. The predicted octanol–water partition coefficient (Wildman–Crippen LogP) is 3.51. The smallest absolute Gasteiger partial charge is 0.410 e. The lowest BCUT2D eigenvalue weighted by molar-refractivity contribution is 0.0313. The highest BCUT2D eigenvalue weighted by atomic mass is 16.6. The second kappa shape index (κ2) is 8.05. The van der Waals surface area contributed by atoms with Crippen molar-refractivity contribution in [3.63, 3.8) is 0 Å². The van der Waals surface area contributed by atoms with E-state index in [-0.39, 0.29) is 24.7 Å². The van der Waals surface area contributed by atoms with E-state index in [4.69, 9.17) is 9.47 Å². The second-order valence-corrected chi connectivity index (χ2v) is 7.07. The number of nitrogens with one attached hydrogen (secondary N) is 1. The monoisotopic (exact) mass is 346 g/mol. The Morgan fingerprint density at radius 1 is 1.32 bits per heavy atom. The standard InChI is InChI=1S/C19H26N2O4/c1-5-11-24-18(23)21-12-15(13-21)16(14-9-7-6-8-10-14)20-17(22)25-19(2,3)4/h5-10,15-16H,1,11-13H2,2-4H3,(H,20,22). The number of hydrogen-bond donors (Lipinski definition) is 1. The summed E-state index contributed by atoms with van der Waals surface area (Å²) >= 11 is 0. The van der Waals surface area contributed by atoms with Gasteiger partial charge < -0.3 is 19.7 Å². The summed E-state index contributed by atoms with van der Waals surface area (Å²) in [7, 11) is 0. The van der Waals surface area contributed by atoms with Crippen LogP contribution in [0, 0.1) is 5.92 Å². The Balaban J connectivity index is 2.01. The van der Waals surface area contributed by atoms with Crippen LogP contribution >= 0.6 is 0 Å². The van der Waals surface area contributed by atoms with Gasteiger partial charge in [-0.05, 0) is 26.3 Å². The van der Waals surface area contributed by atoms with Crippen LogP contribution < -0.4 is 5.32 Å². The Kier molecular flexibility index (Phi) is 6.07. The molecule has 1 aliphatic rings. The number of likely N-dealkylation sites (tertiary alicyclic amines) is 1. The molecule has 0 aliphatic carbocycles. The van der Waals surface area contributed by atoms with Gasteiger partial charge in [0, 0.05) is 19.0 Å². The van der Waals surface area contributed by atoms with E-state index in [0.29, 0.717) is 13.1 Å². The highest BCUT2D eigenvalue weighted by Crippen LogP contribution is 2.30. The number of amides is 2. The van der Waals surface area contributed by atoms with Crippen LogP contribution in [0.4, 0.5) is 9.59 Å². The first kappa shape index (κ1) is 18.8. The molecular formula is C19H26N2O4. The average molecular weight is 346 g/mol. The summed E-state index contributed by atoms with van der Waals surface area (Å²) in [5.41, 5.74) is 0.420. The van der Waals surface area contributed by atoms with E-state index in [1.807, 2.05) is 51.1 Å². The van der Waals surface area contributed by atoms with Crippen LogP contribution in [0.25, 0.3) is 0 Å². The molecule has 1 aromatic carbocycles. The van der Waals surface area contributed by atoms with Gasteiger partial charge in [-0.2, -0.15) is 0 Å². The first-order valence-corrected chi connectivity index (χ1v) is 8.37. The van der Waals surface area contributed by atoms with Gasteiger partial charge in [-0.3, -0.25) is 0 Å². The largest absolute Gasteiger partial charge is 0.445 e. The second-order valence-electron chi connectivity index (χ2n) is 7.07. The lowest BCUT2D eigenvalue weighted by Gasteiger charge is -2.42. The van der Waals surface area contributed by atoms with E-state index < -0.39 is 11.7 Å². The summed E-state index contributed by atoms with van der Waals surface area (Å²) in [6.07, 6.45) is 0.709. The van der Waals surface area contributed by atoms with Gasteiger partial charge in [-0.25, -0.2) is 9.59 Å². The van der Waals surface area contributed by atoms with Crippen LogP contribution in [0.15, 0.2) is 43.0 Å². The molecule has 1 aromatic rings. The van der Waals surface area contributed by atoms with Gasteiger partial charge in [0.15, 0.2) is 0 Å². The summed E-state index contributed by atoms with van der Waals surface area (Å²) in [6.45, 7) is 10.2. The van der Waals surface area contributed by atoms with Crippen molar-refractivity contribution in [2.24, 2.45) is 5.92 Å². The van der Waals surface area contributed by atoms with Gasteiger partial charge in [0.1, 0.15) is 12.2 Å². The van der Waals surface area contributed by atoms with Gasteiger partial charge >= 0.3 is 12.2 Å². The van der Waals surface area contributed by atoms with E-state index in [9.17, 15) is 9.59 Å². The minimum absolute atomic E-state index is 0.103. The van der Waals surface area contributed by atoms with E-state index >= 15 is 0 Å². The Morgan fingerprint density at radius 3 is 2.52 bits per heavy atom. The summed E-state index contributed by atoms with van der Waals surface area (Å²) in [6, 6.07) is 9.47. The molecule has 2 rings (SSSR count).